The van der Waals surface area contributed by atoms with Crippen molar-refractivity contribution in [2.24, 2.45) is 11.1 Å². The number of benzene rings is 1. The van der Waals surface area contributed by atoms with Gasteiger partial charge in [0.25, 0.3) is 0 Å². The lowest BCUT2D eigenvalue weighted by Gasteiger charge is -2.23. The molecule has 0 aliphatic carbocycles. The Labute approximate surface area is 118 Å². The maximum atomic E-state index is 5.81. The Morgan fingerprint density at radius 1 is 1.26 bits per heavy atom. The number of methoxy groups -OCH3 is 1. The summed E-state index contributed by atoms with van der Waals surface area (Å²) in [5.74, 6) is 1.49. The van der Waals surface area contributed by atoms with E-state index in [1.165, 1.54) is 16.7 Å². The molecule has 0 aromatic heterocycles. The summed E-state index contributed by atoms with van der Waals surface area (Å²) in [5, 5.41) is 0. The van der Waals surface area contributed by atoms with Gasteiger partial charge in [0.15, 0.2) is 0 Å². The number of rotatable bonds is 6. The van der Waals surface area contributed by atoms with E-state index in [1.807, 2.05) is 0 Å². The monoisotopic (exact) mass is 263 g/mol. The average molecular weight is 263 g/mol. The zero-order valence-corrected chi connectivity index (χ0v) is 13.3. The molecule has 0 aliphatic rings. The molecule has 0 spiro atoms. The largest absolute Gasteiger partial charge is 0.496 e. The standard InChI is InChI=1S/C17H29NO/c1-12(2)15-10-14(7-8-17(4,5)11-18)13(3)9-16(15)19-6/h9-10,12H,7-8,11,18H2,1-6H3. The second-order valence-corrected chi connectivity index (χ2v) is 6.54. The van der Waals surface area contributed by atoms with Crippen LogP contribution in [-0.4, -0.2) is 13.7 Å². The highest BCUT2D eigenvalue weighted by Crippen LogP contribution is 2.31. The molecular formula is C17H29NO. The van der Waals surface area contributed by atoms with Crippen LogP contribution in [0.4, 0.5) is 0 Å². The third kappa shape index (κ3) is 4.24. The lowest BCUT2D eigenvalue weighted by Crippen LogP contribution is -2.24. The van der Waals surface area contributed by atoms with Crippen LogP contribution in [0.2, 0.25) is 0 Å². The van der Waals surface area contributed by atoms with E-state index in [4.69, 9.17) is 10.5 Å². The first-order chi connectivity index (χ1) is 8.80. The summed E-state index contributed by atoms with van der Waals surface area (Å²) in [7, 11) is 1.75. The van der Waals surface area contributed by atoms with Crippen molar-refractivity contribution in [2.45, 2.75) is 53.4 Å². The Bertz CT molecular complexity index is 422. The van der Waals surface area contributed by atoms with Crippen LogP contribution in [0.15, 0.2) is 12.1 Å². The number of aryl methyl sites for hydroxylation is 2. The minimum absolute atomic E-state index is 0.213. The average Bonchev–Trinajstić information content (AvgIpc) is 2.36. The summed E-state index contributed by atoms with van der Waals surface area (Å²) in [6.45, 7) is 11.8. The van der Waals surface area contributed by atoms with Crippen LogP contribution in [0.25, 0.3) is 0 Å². The maximum Gasteiger partial charge on any atom is 0.122 e. The molecule has 0 aliphatic heterocycles. The van der Waals surface area contributed by atoms with E-state index in [0.29, 0.717) is 5.92 Å². The van der Waals surface area contributed by atoms with E-state index in [0.717, 1.165) is 25.1 Å². The van der Waals surface area contributed by atoms with E-state index in [1.54, 1.807) is 7.11 Å². The highest BCUT2D eigenvalue weighted by Gasteiger charge is 2.17. The summed E-state index contributed by atoms with van der Waals surface area (Å²) in [5.41, 5.74) is 10.1. The molecule has 0 atom stereocenters. The highest BCUT2D eigenvalue weighted by molar-refractivity contribution is 5.44. The van der Waals surface area contributed by atoms with Gasteiger partial charge in [-0.1, -0.05) is 33.8 Å². The molecule has 108 valence electrons. The molecule has 2 nitrogen and oxygen atoms in total. The minimum Gasteiger partial charge on any atom is -0.496 e. The molecule has 1 aromatic rings. The van der Waals surface area contributed by atoms with Crippen molar-refractivity contribution in [1.29, 1.82) is 0 Å². The third-order valence-electron chi connectivity index (χ3n) is 3.93. The molecular weight excluding hydrogens is 234 g/mol. The molecule has 2 N–H and O–H groups in total. The summed E-state index contributed by atoms with van der Waals surface area (Å²) in [6, 6.07) is 4.48. The van der Waals surface area contributed by atoms with Crippen molar-refractivity contribution < 1.29 is 4.74 Å². The van der Waals surface area contributed by atoms with Gasteiger partial charge in [0.2, 0.25) is 0 Å². The second-order valence-electron chi connectivity index (χ2n) is 6.54. The fraction of sp³-hybridized carbons (Fsp3) is 0.647. The van der Waals surface area contributed by atoms with E-state index in [-0.39, 0.29) is 5.41 Å². The molecule has 0 saturated carbocycles. The Hall–Kier alpha value is -1.02. The quantitative estimate of drug-likeness (QED) is 0.840. The van der Waals surface area contributed by atoms with Gasteiger partial charge < -0.3 is 10.5 Å². The van der Waals surface area contributed by atoms with Crippen LogP contribution in [0.3, 0.4) is 0 Å². The fourth-order valence-corrected chi connectivity index (χ4v) is 2.22. The number of hydrogen-bond donors (Lipinski definition) is 1. The van der Waals surface area contributed by atoms with Gasteiger partial charge in [-0.05, 0) is 60.4 Å². The van der Waals surface area contributed by atoms with Gasteiger partial charge >= 0.3 is 0 Å². The van der Waals surface area contributed by atoms with E-state index in [2.05, 4.69) is 46.8 Å². The molecule has 0 amide bonds. The number of nitrogens with two attached hydrogens (primary N) is 1. The molecule has 0 saturated heterocycles. The fourth-order valence-electron chi connectivity index (χ4n) is 2.22. The topological polar surface area (TPSA) is 35.2 Å². The minimum atomic E-state index is 0.213. The Morgan fingerprint density at radius 2 is 1.89 bits per heavy atom. The first-order valence-electron chi connectivity index (χ1n) is 7.18. The van der Waals surface area contributed by atoms with E-state index in [9.17, 15) is 0 Å². The smallest absolute Gasteiger partial charge is 0.122 e. The molecule has 0 unspecified atom stereocenters. The van der Waals surface area contributed by atoms with E-state index >= 15 is 0 Å². The molecule has 2 heteroatoms. The van der Waals surface area contributed by atoms with Crippen molar-refractivity contribution in [3.8, 4) is 5.75 Å². The number of hydrogen-bond acceptors (Lipinski definition) is 2. The van der Waals surface area contributed by atoms with Gasteiger partial charge in [0.05, 0.1) is 7.11 Å². The normalized spacial score (nSPS) is 12.0. The lowest BCUT2D eigenvalue weighted by atomic mass is 9.85. The Balaban J connectivity index is 2.99. The molecule has 1 aromatic carbocycles. The summed E-state index contributed by atoms with van der Waals surface area (Å²) < 4.78 is 5.49. The predicted octanol–water partition coefficient (Wildman–Crippen LogP) is 4.04. The molecule has 19 heavy (non-hydrogen) atoms. The number of ether oxygens (including phenoxy) is 1. The first-order valence-corrected chi connectivity index (χ1v) is 7.18. The highest BCUT2D eigenvalue weighted by atomic mass is 16.5. The van der Waals surface area contributed by atoms with Gasteiger partial charge in [-0.2, -0.15) is 0 Å². The van der Waals surface area contributed by atoms with Crippen LogP contribution in [0.5, 0.6) is 5.75 Å². The van der Waals surface area contributed by atoms with Crippen LogP contribution >= 0.6 is 0 Å². The molecule has 0 radical (unpaired) electrons. The molecule has 0 fully saturated rings. The van der Waals surface area contributed by atoms with Crippen molar-refractivity contribution >= 4 is 0 Å². The van der Waals surface area contributed by atoms with Gasteiger partial charge in [0, 0.05) is 0 Å². The summed E-state index contributed by atoms with van der Waals surface area (Å²) >= 11 is 0. The van der Waals surface area contributed by atoms with Crippen molar-refractivity contribution in [2.75, 3.05) is 13.7 Å². The SMILES string of the molecule is COc1cc(C)c(CCC(C)(C)CN)cc1C(C)C. The zero-order chi connectivity index (χ0) is 14.6. The Kier molecular flexibility index (Phi) is 5.42. The predicted molar refractivity (Wildman–Crippen MR) is 83.0 cm³/mol. The second kappa shape index (κ2) is 6.42. The van der Waals surface area contributed by atoms with Crippen LogP contribution < -0.4 is 10.5 Å². The van der Waals surface area contributed by atoms with Gasteiger partial charge in [0.1, 0.15) is 5.75 Å². The van der Waals surface area contributed by atoms with Gasteiger partial charge in [-0.15, -0.1) is 0 Å². The molecule has 0 heterocycles. The van der Waals surface area contributed by atoms with Crippen molar-refractivity contribution in [3.05, 3.63) is 28.8 Å². The van der Waals surface area contributed by atoms with Gasteiger partial charge in [-0.25, -0.2) is 0 Å². The third-order valence-corrected chi connectivity index (χ3v) is 3.93. The lowest BCUT2D eigenvalue weighted by molar-refractivity contribution is 0.347. The van der Waals surface area contributed by atoms with Gasteiger partial charge in [-0.3, -0.25) is 0 Å². The van der Waals surface area contributed by atoms with Crippen LogP contribution in [0, 0.1) is 12.3 Å². The van der Waals surface area contributed by atoms with Crippen LogP contribution in [-0.2, 0) is 6.42 Å². The zero-order valence-electron chi connectivity index (χ0n) is 13.3. The Morgan fingerprint density at radius 3 is 2.37 bits per heavy atom. The van der Waals surface area contributed by atoms with Crippen molar-refractivity contribution in [3.63, 3.8) is 0 Å². The molecule has 0 bridgehead atoms. The van der Waals surface area contributed by atoms with Crippen LogP contribution in [0.1, 0.15) is 56.7 Å². The van der Waals surface area contributed by atoms with E-state index < -0.39 is 0 Å². The first kappa shape index (κ1) is 16.0. The summed E-state index contributed by atoms with van der Waals surface area (Å²) in [4.78, 5) is 0. The van der Waals surface area contributed by atoms with Crippen molar-refractivity contribution in [1.82, 2.24) is 0 Å². The summed E-state index contributed by atoms with van der Waals surface area (Å²) in [6.07, 6.45) is 2.20. The maximum absolute atomic E-state index is 5.81. The molecule has 1 rings (SSSR count).